The fourth-order valence-corrected chi connectivity index (χ4v) is 12.4. The first-order valence-corrected chi connectivity index (χ1v) is 35.3. The molecule has 5 aromatic carbocycles. The van der Waals surface area contributed by atoms with Crippen LogP contribution in [0.5, 0.6) is 0 Å². The van der Waals surface area contributed by atoms with Crippen molar-refractivity contribution >= 4 is 63.8 Å². The van der Waals surface area contributed by atoms with E-state index < -0.39 is 53.1 Å². The van der Waals surface area contributed by atoms with E-state index in [4.69, 9.17) is 21.7 Å². The number of hydrogen-bond acceptors (Lipinski definition) is 11. The molecule has 2 saturated heterocycles. The summed E-state index contributed by atoms with van der Waals surface area (Å²) in [6, 6.07) is 46.4. The van der Waals surface area contributed by atoms with E-state index in [2.05, 4.69) is 46.2 Å². The number of ether oxygens (including phenoxy) is 2. The molecule has 7 rings (SSSR count). The topological polar surface area (TPSA) is 210 Å². The molecule has 10 atom stereocenters. The maximum absolute atomic E-state index is 14.2. The van der Waals surface area contributed by atoms with Gasteiger partial charge in [0.2, 0.25) is 23.6 Å². The van der Waals surface area contributed by atoms with Crippen molar-refractivity contribution in [2.24, 2.45) is 47.3 Å². The van der Waals surface area contributed by atoms with Crippen molar-refractivity contribution < 1.29 is 47.8 Å². The molecule has 0 radical (unpaired) electrons. The van der Waals surface area contributed by atoms with Crippen LogP contribution in [0.2, 0.25) is 0 Å². The summed E-state index contributed by atoms with van der Waals surface area (Å²) in [6.07, 6.45) is 14.2. The van der Waals surface area contributed by atoms with Gasteiger partial charge in [0.1, 0.15) is 11.2 Å². The molecule has 2 aliphatic rings. The number of hydrogen-bond donors (Lipinski definition) is 4. The van der Waals surface area contributed by atoms with Crippen molar-refractivity contribution in [3.8, 4) is 12.8 Å². The van der Waals surface area contributed by atoms with Crippen LogP contribution in [-0.2, 0) is 79.9 Å². The first kappa shape index (κ1) is 79.9. The Labute approximate surface area is 584 Å². The van der Waals surface area contributed by atoms with E-state index in [-0.39, 0.29) is 89.2 Å². The van der Waals surface area contributed by atoms with E-state index in [1.165, 1.54) is 5.56 Å². The zero-order valence-corrected chi connectivity index (χ0v) is 60.1. The fraction of sp³-hybridized carbons (Fsp3) is 0.500. The lowest BCUT2D eigenvalue weighted by molar-refractivity contribution is -0.135. The molecule has 2 aliphatic heterocycles. The van der Waals surface area contributed by atoms with E-state index in [1.54, 1.807) is 13.8 Å². The van der Waals surface area contributed by atoms with Crippen molar-refractivity contribution in [2.45, 2.75) is 201 Å². The molecular formula is C82H108N4O10S. The van der Waals surface area contributed by atoms with Crippen molar-refractivity contribution in [3.63, 3.8) is 0 Å². The van der Waals surface area contributed by atoms with E-state index in [9.17, 15) is 38.4 Å². The van der Waals surface area contributed by atoms with Crippen LogP contribution in [0.3, 0.4) is 0 Å². The summed E-state index contributed by atoms with van der Waals surface area (Å²) >= 11 is 5.83. The number of carbonyl (C=O) groups excluding carboxylic acids is 8. The van der Waals surface area contributed by atoms with Crippen LogP contribution in [0.4, 0.5) is 0 Å². The number of terminal acetylenes is 1. The van der Waals surface area contributed by atoms with Gasteiger partial charge in [0.15, 0.2) is 23.1 Å². The molecule has 2 heterocycles. The minimum absolute atomic E-state index is 0.0346. The number of Topliss-reactive ketones (excluding diaryl/α,β-unsaturated/α-hetero) is 4. The summed E-state index contributed by atoms with van der Waals surface area (Å²) in [5, 5.41) is 12.1. The number of thiocarbonyl (C=S) groups is 1. The summed E-state index contributed by atoms with van der Waals surface area (Å²) in [7, 11) is 0. The molecular weight excluding hydrogens is 1230 g/mol. The van der Waals surface area contributed by atoms with Crippen LogP contribution in [0.25, 0.3) is 0 Å². The Kier molecular flexibility index (Phi) is 33.1. The van der Waals surface area contributed by atoms with Crippen molar-refractivity contribution in [1.82, 2.24) is 21.3 Å². The van der Waals surface area contributed by atoms with Gasteiger partial charge in [-0.25, -0.2) is 0 Å². The number of nitrogens with one attached hydrogen (secondary N) is 4. The van der Waals surface area contributed by atoms with E-state index in [0.29, 0.717) is 83.8 Å². The Morgan fingerprint density at radius 1 is 0.402 bits per heavy atom. The summed E-state index contributed by atoms with van der Waals surface area (Å²) in [4.78, 5) is 111. The molecule has 15 heteroatoms. The Morgan fingerprint density at radius 2 is 0.691 bits per heavy atom. The molecule has 0 aromatic heterocycles. The first-order valence-electron chi connectivity index (χ1n) is 34.9. The third kappa shape index (κ3) is 28.3. The zero-order chi connectivity index (χ0) is 71.2. The molecule has 4 N–H and O–H groups in total. The maximum atomic E-state index is 14.2. The molecule has 97 heavy (non-hydrogen) atoms. The second kappa shape index (κ2) is 40.2. The van der Waals surface area contributed by atoms with Gasteiger partial charge in [-0.1, -0.05) is 226 Å². The molecule has 0 bridgehead atoms. The lowest BCUT2D eigenvalue weighted by atomic mass is 9.87. The van der Waals surface area contributed by atoms with Crippen molar-refractivity contribution in [3.05, 3.63) is 179 Å². The largest absolute Gasteiger partial charge is 0.361 e. The highest BCUT2D eigenvalue weighted by atomic mass is 32.1. The standard InChI is InChI=1S/C44H56N2O5S.C36H50N2O5.C2H2/c1-30(2)23-38(45-42(49)35(22-21-32-15-9-6-10-16-32)27-37(52)26-34-19-13-8-14-20-34)40(47)28-36(25-33-17-11-7-12-18-33)43(50)46-39(24-31(3)4)41(48)44(5)29-51-44;1-24(2)19-30(37-34(41)26(5)17-18-27-13-9-7-10-14-27)32(39)22-29(21-28-15-11-8-12-16-28)35(42)38-31(20-25(3)4)33(40)36(6)23-43-36;1-2/h6-20,30-31,35-36,38-39H,21-29H2,1-5H3,(H,45,49)(H,46,50);7-16,24-26,29-31H,17-23H2,1-6H3,(H,37,41)(H,38,42);1-2H/t35-,36-,38+,39+,44-;26-,29+,30-,31-,36+;/m10./s1. The molecule has 0 aliphatic carbocycles. The van der Waals surface area contributed by atoms with Crippen LogP contribution in [-0.4, -0.2) is 100 Å². The van der Waals surface area contributed by atoms with Gasteiger partial charge < -0.3 is 30.7 Å². The van der Waals surface area contributed by atoms with Gasteiger partial charge in [0.25, 0.3) is 0 Å². The Morgan fingerprint density at radius 3 is 1.03 bits per heavy atom. The third-order valence-electron chi connectivity index (χ3n) is 17.9. The maximum Gasteiger partial charge on any atom is 0.224 e. The van der Waals surface area contributed by atoms with E-state index in [0.717, 1.165) is 33.5 Å². The van der Waals surface area contributed by atoms with Gasteiger partial charge in [-0.15, -0.1) is 12.8 Å². The quantitative estimate of drug-likeness (QED) is 0.0165. The van der Waals surface area contributed by atoms with Gasteiger partial charge in [-0.2, -0.15) is 0 Å². The van der Waals surface area contributed by atoms with Gasteiger partial charge in [-0.05, 0) is 141 Å². The molecule has 2 fully saturated rings. The first-order chi connectivity index (χ1) is 46.2. The monoisotopic (exact) mass is 1340 g/mol. The number of aryl methyl sites for hydroxylation is 2. The molecule has 0 saturated carbocycles. The highest BCUT2D eigenvalue weighted by Crippen LogP contribution is 2.32. The average molecular weight is 1340 g/mol. The number of epoxide rings is 2. The highest BCUT2D eigenvalue weighted by molar-refractivity contribution is 7.80. The van der Waals surface area contributed by atoms with Crippen molar-refractivity contribution in [1.29, 1.82) is 0 Å². The van der Waals surface area contributed by atoms with E-state index in [1.807, 2.05) is 202 Å². The fourth-order valence-electron chi connectivity index (χ4n) is 12.0. The molecule has 4 amide bonds. The Bertz CT molecular complexity index is 3310. The summed E-state index contributed by atoms with van der Waals surface area (Å²) in [5.41, 5.74) is 3.50. The number of amides is 4. The van der Waals surface area contributed by atoms with Crippen LogP contribution in [0, 0.1) is 60.2 Å². The van der Waals surface area contributed by atoms with Crippen LogP contribution >= 0.6 is 12.2 Å². The lowest BCUT2D eigenvalue weighted by Crippen LogP contribution is -2.50. The molecule has 5 aromatic rings. The van der Waals surface area contributed by atoms with Gasteiger partial charge in [0, 0.05) is 42.9 Å². The molecule has 14 nitrogen and oxygen atoms in total. The summed E-state index contributed by atoms with van der Waals surface area (Å²) in [5.74, 6) is -3.15. The smallest absolute Gasteiger partial charge is 0.224 e. The average Bonchev–Trinajstić information content (AvgIpc) is 1.66. The Hall–Kier alpha value is -7.77. The van der Waals surface area contributed by atoms with E-state index >= 15 is 0 Å². The van der Waals surface area contributed by atoms with Crippen LogP contribution < -0.4 is 21.3 Å². The minimum Gasteiger partial charge on any atom is -0.361 e. The Balaban J connectivity index is 0.000000348. The number of carbonyl (C=O) groups is 8. The van der Waals surface area contributed by atoms with Gasteiger partial charge in [-0.3, -0.25) is 38.4 Å². The summed E-state index contributed by atoms with van der Waals surface area (Å²) in [6.45, 7) is 22.2. The van der Waals surface area contributed by atoms with Gasteiger partial charge >= 0.3 is 0 Å². The zero-order valence-electron chi connectivity index (χ0n) is 59.3. The third-order valence-corrected chi connectivity index (χ3v) is 18.2. The molecule has 522 valence electrons. The predicted octanol–water partition coefficient (Wildman–Crippen LogP) is 13.2. The normalized spacial score (nSPS) is 17.8. The predicted molar refractivity (Wildman–Crippen MR) is 390 cm³/mol. The number of rotatable bonds is 40. The molecule has 0 unspecified atom stereocenters. The second-order valence-corrected chi connectivity index (χ2v) is 29.3. The lowest BCUT2D eigenvalue weighted by Gasteiger charge is -2.27. The van der Waals surface area contributed by atoms with Crippen molar-refractivity contribution in [2.75, 3.05) is 13.2 Å². The van der Waals surface area contributed by atoms with Gasteiger partial charge in [0.05, 0.1) is 37.4 Å². The highest BCUT2D eigenvalue weighted by Gasteiger charge is 2.51. The minimum atomic E-state index is -0.884. The number of benzene rings is 5. The summed E-state index contributed by atoms with van der Waals surface area (Å²) < 4.78 is 10.8. The number of ketones is 4. The molecule has 0 spiro atoms. The second-order valence-electron chi connectivity index (χ2n) is 28.7. The van der Waals surface area contributed by atoms with Crippen LogP contribution in [0.1, 0.15) is 162 Å². The van der Waals surface area contributed by atoms with Crippen LogP contribution in [0.15, 0.2) is 152 Å². The SMILES string of the molecule is C#C.CC(C)C[C@H](NC(=O)[C@@H](C)CCc1ccccc1)C(=O)C[C@@H](Cc1ccccc1)C(=O)N[C@@H](CC(C)C)C(=O)[C@@]1(C)CO1.CC(C)C[C@H](NC(=O)[C@H](CCc1ccccc1)CC(=S)Cc1ccccc1)C(=O)C[C@@H](Cc1ccccc1)C(=O)N[C@@H](CC(C)C)C(=O)[C@@]1(C)CO1.